The van der Waals surface area contributed by atoms with E-state index in [1.54, 1.807) is 0 Å². The Kier molecular flexibility index (Phi) is 8.90. The van der Waals surface area contributed by atoms with Crippen LogP contribution in [0.25, 0.3) is 0 Å². The first-order valence-corrected chi connectivity index (χ1v) is 10.1. The largest absolute Gasteiger partial charge is 0.481 e. The van der Waals surface area contributed by atoms with Crippen LogP contribution in [0.1, 0.15) is 44.9 Å². The molecule has 0 spiro atoms. The first-order valence-electron chi connectivity index (χ1n) is 8.28. The van der Waals surface area contributed by atoms with Gasteiger partial charge in [0.15, 0.2) is 0 Å². The van der Waals surface area contributed by atoms with Crippen molar-refractivity contribution in [3.63, 3.8) is 0 Å². The Bertz CT molecular complexity index is 515. The van der Waals surface area contributed by atoms with Gasteiger partial charge >= 0.3 is 5.97 Å². The smallest absolute Gasteiger partial charge is 0.303 e. The molecule has 8 heteroatoms. The highest BCUT2D eigenvalue weighted by Crippen LogP contribution is 2.37. The fourth-order valence-corrected chi connectivity index (χ4v) is 3.97. The minimum absolute atomic E-state index is 0.111. The fraction of sp³-hybridized carbons (Fsp3) is 0.812. The maximum atomic E-state index is 11.5. The topological polar surface area (TPSA) is 121 Å². The lowest BCUT2D eigenvalue weighted by Gasteiger charge is -2.38. The standard InChI is InChI=1S/C16H28O7S/c1-24(21,22)23-15-9-6-8-12(14(18)11-17)13(15)7-4-2-3-5-10-16(19)20/h2,4,12-15,17-18H,3,5-11H2,1H3,(H,19,20)/b4-2-/t12?,13?,14-,15?/m1/s1. The minimum atomic E-state index is -3.59. The van der Waals surface area contributed by atoms with E-state index in [1.165, 1.54) is 0 Å². The van der Waals surface area contributed by atoms with Crippen LogP contribution >= 0.6 is 0 Å². The Balaban J connectivity index is 2.70. The molecule has 7 nitrogen and oxygen atoms in total. The number of carboxylic acid groups (broad SMARTS) is 1. The molecule has 0 saturated heterocycles. The Hall–Kier alpha value is -0.960. The second-order valence-corrected chi connectivity index (χ2v) is 7.94. The molecule has 3 unspecified atom stereocenters. The van der Waals surface area contributed by atoms with Crippen LogP contribution in [-0.2, 0) is 19.1 Å². The summed E-state index contributed by atoms with van der Waals surface area (Å²) in [6.45, 7) is -0.366. The molecule has 0 bridgehead atoms. The highest BCUT2D eigenvalue weighted by molar-refractivity contribution is 7.86. The molecule has 3 N–H and O–H groups in total. The van der Waals surface area contributed by atoms with Crippen molar-refractivity contribution in [2.24, 2.45) is 11.8 Å². The first kappa shape index (κ1) is 21.1. The normalized spacial score (nSPS) is 26.5. The third-order valence-electron chi connectivity index (χ3n) is 4.37. The van der Waals surface area contributed by atoms with Crippen molar-refractivity contribution >= 4 is 16.1 Å². The first-order chi connectivity index (χ1) is 11.2. The number of carbonyl (C=O) groups is 1. The lowest BCUT2D eigenvalue weighted by molar-refractivity contribution is -0.137. The Morgan fingerprint density at radius 2 is 2.04 bits per heavy atom. The molecule has 0 radical (unpaired) electrons. The van der Waals surface area contributed by atoms with Crippen LogP contribution < -0.4 is 0 Å². The summed E-state index contributed by atoms with van der Waals surface area (Å²) in [7, 11) is -3.59. The average molecular weight is 364 g/mol. The van der Waals surface area contributed by atoms with Crippen LogP contribution in [-0.4, -0.2) is 54.8 Å². The summed E-state index contributed by atoms with van der Waals surface area (Å²) in [5.74, 6) is -1.26. The van der Waals surface area contributed by atoms with Crippen molar-refractivity contribution in [1.29, 1.82) is 0 Å². The highest BCUT2D eigenvalue weighted by Gasteiger charge is 2.38. The Morgan fingerprint density at radius 1 is 1.33 bits per heavy atom. The zero-order chi connectivity index (χ0) is 18.2. The van der Waals surface area contributed by atoms with Gasteiger partial charge in [0.05, 0.1) is 25.1 Å². The number of aliphatic carboxylic acids is 1. The average Bonchev–Trinajstić information content (AvgIpc) is 2.49. The third kappa shape index (κ3) is 7.74. The van der Waals surface area contributed by atoms with Gasteiger partial charge in [-0.15, -0.1) is 0 Å². The Morgan fingerprint density at radius 3 is 2.62 bits per heavy atom. The molecule has 1 rings (SSSR count). The number of hydrogen-bond acceptors (Lipinski definition) is 6. The van der Waals surface area contributed by atoms with Crippen LogP contribution in [0.2, 0.25) is 0 Å². The molecule has 0 aliphatic heterocycles. The van der Waals surface area contributed by atoms with Gasteiger partial charge in [-0.05, 0) is 43.9 Å². The highest BCUT2D eigenvalue weighted by atomic mass is 32.2. The van der Waals surface area contributed by atoms with Crippen LogP contribution in [0.5, 0.6) is 0 Å². The second kappa shape index (κ2) is 10.1. The van der Waals surface area contributed by atoms with Gasteiger partial charge in [-0.3, -0.25) is 8.98 Å². The predicted octanol–water partition coefficient (Wildman–Crippen LogP) is 1.30. The van der Waals surface area contributed by atoms with Gasteiger partial charge in [0.25, 0.3) is 10.1 Å². The molecule has 0 heterocycles. The summed E-state index contributed by atoms with van der Waals surface area (Å²) in [5, 5.41) is 27.9. The second-order valence-electron chi connectivity index (χ2n) is 6.34. The fourth-order valence-electron chi connectivity index (χ4n) is 3.28. The van der Waals surface area contributed by atoms with E-state index in [9.17, 15) is 23.4 Å². The van der Waals surface area contributed by atoms with E-state index in [0.29, 0.717) is 32.1 Å². The number of hydrogen-bond donors (Lipinski definition) is 3. The number of unbranched alkanes of at least 4 members (excludes halogenated alkanes) is 1. The molecule has 1 fully saturated rings. The molecule has 4 atom stereocenters. The zero-order valence-corrected chi connectivity index (χ0v) is 14.8. The zero-order valence-electron chi connectivity index (χ0n) is 14.0. The summed E-state index contributed by atoms with van der Waals surface area (Å²) >= 11 is 0. The number of carboxylic acids is 1. The number of rotatable bonds is 10. The van der Waals surface area contributed by atoms with Crippen molar-refractivity contribution in [3.05, 3.63) is 12.2 Å². The lowest BCUT2D eigenvalue weighted by Crippen LogP contribution is -2.42. The van der Waals surface area contributed by atoms with E-state index >= 15 is 0 Å². The van der Waals surface area contributed by atoms with Crippen molar-refractivity contribution in [1.82, 2.24) is 0 Å². The van der Waals surface area contributed by atoms with Crippen molar-refractivity contribution in [2.45, 2.75) is 57.2 Å². The summed E-state index contributed by atoms with van der Waals surface area (Å²) in [6.07, 6.45) is 7.21. The van der Waals surface area contributed by atoms with E-state index in [2.05, 4.69) is 0 Å². The van der Waals surface area contributed by atoms with Crippen LogP contribution in [0.15, 0.2) is 12.2 Å². The van der Waals surface area contributed by atoms with Crippen molar-refractivity contribution < 1.29 is 32.7 Å². The molecular formula is C16H28O7S. The van der Waals surface area contributed by atoms with Crippen molar-refractivity contribution in [2.75, 3.05) is 12.9 Å². The third-order valence-corrected chi connectivity index (χ3v) is 4.97. The van der Waals surface area contributed by atoms with Gasteiger partial charge in [0.1, 0.15) is 0 Å². The molecule has 0 aromatic carbocycles. The van der Waals surface area contributed by atoms with Gasteiger partial charge < -0.3 is 15.3 Å². The maximum Gasteiger partial charge on any atom is 0.303 e. The number of aliphatic hydroxyl groups is 2. The summed E-state index contributed by atoms with van der Waals surface area (Å²) < 4.78 is 28.1. The Labute approximate surface area is 143 Å². The molecule has 1 aliphatic rings. The SMILES string of the molecule is CS(=O)(=O)OC1CCCC([C@H](O)CO)C1C/C=C\CCCC(=O)O. The van der Waals surface area contributed by atoms with Gasteiger partial charge in [-0.25, -0.2) is 0 Å². The van der Waals surface area contributed by atoms with E-state index in [0.717, 1.165) is 12.7 Å². The van der Waals surface area contributed by atoms with Gasteiger partial charge in [-0.2, -0.15) is 8.42 Å². The molecule has 1 saturated carbocycles. The van der Waals surface area contributed by atoms with Crippen LogP contribution in [0, 0.1) is 11.8 Å². The van der Waals surface area contributed by atoms with E-state index in [-0.39, 0.29) is 24.9 Å². The van der Waals surface area contributed by atoms with Crippen LogP contribution in [0.4, 0.5) is 0 Å². The molecule has 0 amide bonds. The molecule has 140 valence electrons. The molecule has 0 aromatic heterocycles. The van der Waals surface area contributed by atoms with Gasteiger partial charge in [0.2, 0.25) is 0 Å². The van der Waals surface area contributed by atoms with Crippen LogP contribution in [0.3, 0.4) is 0 Å². The predicted molar refractivity (Wildman–Crippen MR) is 88.9 cm³/mol. The van der Waals surface area contributed by atoms with E-state index in [1.807, 2.05) is 12.2 Å². The summed E-state index contributed by atoms with van der Waals surface area (Å²) in [5.41, 5.74) is 0. The monoisotopic (exact) mass is 364 g/mol. The van der Waals surface area contributed by atoms with Gasteiger partial charge in [-0.1, -0.05) is 18.6 Å². The summed E-state index contributed by atoms with van der Waals surface area (Å²) in [4.78, 5) is 10.5. The molecular weight excluding hydrogens is 336 g/mol. The maximum absolute atomic E-state index is 11.5. The minimum Gasteiger partial charge on any atom is -0.481 e. The summed E-state index contributed by atoms with van der Waals surface area (Å²) in [6, 6.07) is 0. The molecule has 0 aromatic rings. The van der Waals surface area contributed by atoms with E-state index in [4.69, 9.17) is 9.29 Å². The van der Waals surface area contributed by atoms with E-state index < -0.39 is 28.3 Å². The lowest BCUT2D eigenvalue weighted by atomic mass is 9.73. The molecule has 1 aliphatic carbocycles. The molecule has 24 heavy (non-hydrogen) atoms. The quantitative estimate of drug-likeness (QED) is 0.303. The van der Waals surface area contributed by atoms with Crippen molar-refractivity contribution in [3.8, 4) is 0 Å². The number of aliphatic hydroxyl groups excluding tert-OH is 2. The van der Waals surface area contributed by atoms with Gasteiger partial charge in [0, 0.05) is 6.42 Å². The number of allylic oxidation sites excluding steroid dienone is 2.